The van der Waals surface area contributed by atoms with E-state index >= 15 is 0 Å². The number of benzene rings is 1. The van der Waals surface area contributed by atoms with Crippen molar-refractivity contribution in [3.8, 4) is 0 Å². The first-order chi connectivity index (χ1) is 9.84. The molecule has 2 N–H and O–H groups in total. The van der Waals surface area contributed by atoms with Crippen LogP contribution < -0.4 is 0 Å². The van der Waals surface area contributed by atoms with Gasteiger partial charge in [0, 0.05) is 11.1 Å². The SMILES string of the molecule is O=C(C=C(c1cn[nH]n1)c1cn[nH]n1)c1ccccc1. The summed E-state index contributed by atoms with van der Waals surface area (Å²) in [7, 11) is 0. The Labute approximate surface area is 113 Å². The number of aromatic amines is 2. The molecule has 0 amide bonds. The number of nitrogens with zero attached hydrogens (tertiary/aromatic N) is 4. The molecule has 0 radical (unpaired) electrons. The van der Waals surface area contributed by atoms with Crippen molar-refractivity contribution in [1.82, 2.24) is 30.8 Å². The van der Waals surface area contributed by atoms with E-state index in [2.05, 4.69) is 30.8 Å². The molecule has 0 atom stereocenters. The van der Waals surface area contributed by atoms with Crippen molar-refractivity contribution >= 4 is 11.4 Å². The van der Waals surface area contributed by atoms with Gasteiger partial charge in [-0.3, -0.25) is 4.79 Å². The van der Waals surface area contributed by atoms with Gasteiger partial charge in [-0.25, -0.2) is 0 Å². The standard InChI is InChI=1S/C13H10N6O/c20-13(9-4-2-1-3-5-9)6-10(11-7-14-18-16-11)12-8-15-19-17-12/h1-8H,(H,14,16,18)(H,15,17,19). The lowest BCUT2D eigenvalue weighted by Crippen LogP contribution is -1.98. The molecule has 98 valence electrons. The Bertz CT molecular complexity index is 679. The number of carbonyl (C=O) groups excluding carboxylic acids is 1. The Kier molecular flexibility index (Phi) is 3.15. The predicted molar refractivity (Wildman–Crippen MR) is 70.6 cm³/mol. The zero-order valence-corrected chi connectivity index (χ0v) is 10.3. The van der Waals surface area contributed by atoms with Crippen molar-refractivity contribution < 1.29 is 4.79 Å². The van der Waals surface area contributed by atoms with Crippen molar-refractivity contribution in [3.05, 3.63) is 65.8 Å². The molecule has 0 bridgehead atoms. The monoisotopic (exact) mass is 266 g/mol. The molecule has 0 saturated heterocycles. The molecule has 0 aliphatic rings. The molecule has 0 aliphatic heterocycles. The summed E-state index contributed by atoms with van der Waals surface area (Å²) in [6.45, 7) is 0. The van der Waals surface area contributed by atoms with Crippen LogP contribution in [0.4, 0.5) is 0 Å². The van der Waals surface area contributed by atoms with E-state index in [0.29, 0.717) is 22.5 Å². The number of hydrogen-bond donors (Lipinski definition) is 2. The third-order valence-corrected chi connectivity index (χ3v) is 2.72. The lowest BCUT2D eigenvalue weighted by molar-refractivity contribution is 0.104. The summed E-state index contributed by atoms with van der Waals surface area (Å²) >= 11 is 0. The zero-order chi connectivity index (χ0) is 13.8. The van der Waals surface area contributed by atoms with Crippen LogP contribution >= 0.6 is 0 Å². The molecule has 0 spiro atoms. The zero-order valence-electron chi connectivity index (χ0n) is 10.3. The fourth-order valence-corrected chi connectivity index (χ4v) is 1.76. The molecule has 3 aromatic rings. The Morgan fingerprint density at radius 3 is 2.05 bits per heavy atom. The molecule has 3 rings (SSSR count). The highest BCUT2D eigenvalue weighted by molar-refractivity contribution is 6.09. The maximum Gasteiger partial charge on any atom is 0.186 e. The highest BCUT2D eigenvalue weighted by Crippen LogP contribution is 2.19. The van der Waals surface area contributed by atoms with Gasteiger partial charge < -0.3 is 0 Å². The molecule has 0 aliphatic carbocycles. The molecule has 7 nitrogen and oxygen atoms in total. The summed E-state index contributed by atoms with van der Waals surface area (Å²) in [6, 6.07) is 8.99. The summed E-state index contributed by atoms with van der Waals surface area (Å²) in [4.78, 5) is 12.3. The average molecular weight is 266 g/mol. The van der Waals surface area contributed by atoms with E-state index in [1.54, 1.807) is 12.1 Å². The van der Waals surface area contributed by atoms with E-state index in [1.807, 2.05) is 18.2 Å². The quantitative estimate of drug-likeness (QED) is 0.546. The van der Waals surface area contributed by atoms with Gasteiger partial charge in [-0.05, 0) is 6.08 Å². The van der Waals surface area contributed by atoms with Crippen LogP contribution in [0.2, 0.25) is 0 Å². The average Bonchev–Trinajstić information content (AvgIpc) is 3.19. The molecular weight excluding hydrogens is 256 g/mol. The highest BCUT2D eigenvalue weighted by Gasteiger charge is 2.13. The van der Waals surface area contributed by atoms with E-state index < -0.39 is 0 Å². The molecular formula is C13H10N6O. The number of H-pyrrole nitrogens is 2. The minimum absolute atomic E-state index is 0.133. The van der Waals surface area contributed by atoms with Gasteiger partial charge in [0.2, 0.25) is 0 Å². The summed E-state index contributed by atoms with van der Waals surface area (Å²) in [5.74, 6) is -0.133. The molecule has 0 unspecified atom stereocenters. The van der Waals surface area contributed by atoms with Gasteiger partial charge in [0.05, 0.1) is 12.4 Å². The number of allylic oxidation sites excluding steroid dienone is 1. The topological polar surface area (TPSA) is 100 Å². The maximum absolute atomic E-state index is 12.3. The molecule has 20 heavy (non-hydrogen) atoms. The van der Waals surface area contributed by atoms with Crippen LogP contribution in [-0.2, 0) is 0 Å². The van der Waals surface area contributed by atoms with Crippen LogP contribution in [-0.4, -0.2) is 36.6 Å². The third kappa shape index (κ3) is 2.37. The van der Waals surface area contributed by atoms with Crippen molar-refractivity contribution in [2.75, 3.05) is 0 Å². The van der Waals surface area contributed by atoms with Crippen molar-refractivity contribution in [1.29, 1.82) is 0 Å². The summed E-state index contributed by atoms with van der Waals surface area (Å²) in [5, 5.41) is 20.5. The third-order valence-electron chi connectivity index (χ3n) is 2.72. The van der Waals surface area contributed by atoms with Gasteiger partial charge in [-0.15, -0.1) is 0 Å². The maximum atomic E-state index is 12.3. The van der Waals surface area contributed by atoms with Gasteiger partial charge in [0.25, 0.3) is 0 Å². The number of nitrogens with one attached hydrogen (secondary N) is 2. The molecule has 1 aromatic carbocycles. The molecule has 2 aromatic heterocycles. The normalized spacial score (nSPS) is 10.2. The Morgan fingerprint density at radius 2 is 1.55 bits per heavy atom. The second-order valence-electron chi connectivity index (χ2n) is 4.00. The summed E-state index contributed by atoms with van der Waals surface area (Å²) in [6.07, 6.45) is 4.53. The first kappa shape index (κ1) is 12.0. The number of rotatable bonds is 4. The van der Waals surface area contributed by atoms with Crippen LogP contribution in [0, 0.1) is 0 Å². The van der Waals surface area contributed by atoms with Gasteiger partial charge >= 0.3 is 0 Å². The number of aromatic nitrogens is 6. The van der Waals surface area contributed by atoms with Gasteiger partial charge in [0.1, 0.15) is 11.4 Å². The Morgan fingerprint density at radius 1 is 0.950 bits per heavy atom. The van der Waals surface area contributed by atoms with E-state index in [4.69, 9.17) is 0 Å². The van der Waals surface area contributed by atoms with E-state index in [1.165, 1.54) is 18.5 Å². The number of ketones is 1. The van der Waals surface area contributed by atoms with Crippen LogP contribution in [0.5, 0.6) is 0 Å². The van der Waals surface area contributed by atoms with Crippen LogP contribution in [0.25, 0.3) is 5.57 Å². The van der Waals surface area contributed by atoms with E-state index in [0.717, 1.165) is 0 Å². The molecule has 0 fully saturated rings. The van der Waals surface area contributed by atoms with Crippen molar-refractivity contribution in [2.45, 2.75) is 0 Å². The minimum Gasteiger partial charge on any atom is -0.289 e. The van der Waals surface area contributed by atoms with Crippen LogP contribution in [0.15, 0.2) is 48.8 Å². The van der Waals surface area contributed by atoms with Gasteiger partial charge in [0.15, 0.2) is 5.78 Å². The fraction of sp³-hybridized carbons (Fsp3) is 0. The molecule has 2 heterocycles. The molecule has 0 saturated carbocycles. The number of carbonyl (C=O) groups is 1. The van der Waals surface area contributed by atoms with Crippen LogP contribution in [0.3, 0.4) is 0 Å². The van der Waals surface area contributed by atoms with E-state index in [-0.39, 0.29) is 5.78 Å². The minimum atomic E-state index is -0.133. The van der Waals surface area contributed by atoms with Gasteiger partial charge in [-0.2, -0.15) is 30.8 Å². The number of hydrogen-bond acceptors (Lipinski definition) is 5. The highest BCUT2D eigenvalue weighted by atomic mass is 16.1. The van der Waals surface area contributed by atoms with Crippen molar-refractivity contribution in [3.63, 3.8) is 0 Å². The van der Waals surface area contributed by atoms with Crippen LogP contribution in [0.1, 0.15) is 21.7 Å². The summed E-state index contributed by atoms with van der Waals surface area (Å²) < 4.78 is 0. The lowest BCUT2D eigenvalue weighted by atomic mass is 10.0. The molecule has 7 heteroatoms. The van der Waals surface area contributed by atoms with Gasteiger partial charge in [-0.1, -0.05) is 30.3 Å². The lowest BCUT2D eigenvalue weighted by Gasteiger charge is -2.00. The van der Waals surface area contributed by atoms with E-state index in [9.17, 15) is 4.79 Å². The first-order valence-electron chi connectivity index (χ1n) is 5.88. The Hall–Kier alpha value is -3.09. The predicted octanol–water partition coefficient (Wildman–Crippen LogP) is 1.24. The Balaban J connectivity index is 2.02. The first-order valence-corrected chi connectivity index (χ1v) is 5.88. The van der Waals surface area contributed by atoms with Crippen molar-refractivity contribution in [2.24, 2.45) is 0 Å². The fourth-order valence-electron chi connectivity index (χ4n) is 1.76. The largest absolute Gasteiger partial charge is 0.289 e. The smallest absolute Gasteiger partial charge is 0.186 e. The summed E-state index contributed by atoms with van der Waals surface area (Å²) in [5.41, 5.74) is 2.21. The second-order valence-corrected chi connectivity index (χ2v) is 4.00. The second kappa shape index (κ2) is 5.27.